The Labute approximate surface area is 109 Å². The van der Waals surface area contributed by atoms with Gasteiger partial charge in [0.2, 0.25) is 5.91 Å². The third kappa shape index (κ3) is 4.85. The van der Waals surface area contributed by atoms with Gasteiger partial charge in [0.25, 0.3) is 0 Å². The average Bonchev–Trinajstić information content (AvgIpc) is 2.42. The van der Waals surface area contributed by atoms with E-state index in [1.165, 1.54) is 0 Å². The number of ether oxygens (including phenoxy) is 1. The first-order valence-electron chi connectivity index (χ1n) is 6.25. The molecular weight excluding hydrogens is 228 g/mol. The SMILES string of the molecule is CC(OCC(=O)N(C)CCCN)c1ccccc1. The van der Waals surface area contributed by atoms with E-state index in [0.717, 1.165) is 12.0 Å². The zero-order chi connectivity index (χ0) is 13.4. The molecule has 1 aromatic rings. The molecule has 100 valence electrons. The van der Waals surface area contributed by atoms with Crippen LogP contribution in [0.15, 0.2) is 30.3 Å². The van der Waals surface area contributed by atoms with Gasteiger partial charge in [-0.15, -0.1) is 0 Å². The molecule has 0 bridgehead atoms. The van der Waals surface area contributed by atoms with Gasteiger partial charge in [0, 0.05) is 13.6 Å². The Bertz CT molecular complexity index is 354. The molecule has 1 amide bonds. The molecular formula is C14H22N2O2. The molecule has 0 heterocycles. The van der Waals surface area contributed by atoms with Crippen molar-refractivity contribution in [1.82, 2.24) is 4.90 Å². The van der Waals surface area contributed by atoms with Crippen LogP contribution in [0, 0.1) is 0 Å². The van der Waals surface area contributed by atoms with Gasteiger partial charge in [0.05, 0.1) is 6.10 Å². The fraction of sp³-hybridized carbons (Fsp3) is 0.500. The van der Waals surface area contributed by atoms with Crippen molar-refractivity contribution in [2.24, 2.45) is 5.73 Å². The number of hydrogen-bond donors (Lipinski definition) is 1. The van der Waals surface area contributed by atoms with Crippen molar-refractivity contribution in [2.45, 2.75) is 19.4 Å². The zero-order valence-electron chi connectivity index (χ0n) is 11.1. The van der Waals surface area contributed by atoms with Gasteiger partial charge in [-0.3, -0.25) is 4.79 Å². The summed E-state index contributed by atoms with van der Waals surface area (Å²) >= 11 is 0. The number of nitrogens with two attached hydrogens (primary N) is 1. The first-order chi connectivity index (χ1) is 8.65. The second-order valence-corrected chi connectivity index (χ2v) is 4.32. The fourth-order valence-electron chi connectivity index (χ4n) is 1.58. The van der Waals surface area contributed by atoms with Crippen molar-refractivity contribution in [2.75, 3.05) is 26.7 Å². The molecule has 1 aromatic carbocycles. The van der Waals surface area contributed by atoms with Gasteiger partial charge in [-0.1, -0.05) is 30.3 Å². The molecule has 1 atom stereocenters. The first-order valence-corrected chi connectivity index (χ1v) is 6.25. The summed E-state index contributed by atoms with van der Waals surface area (Å²) in [4.78, 5) is 13.4. The topological polar surface area (TPSA) is 55.6 Å². The lowest BCUT2D eigenvalue weighted by Gasteiger charge is -2.19. The number of carbonyl (C=O) groups excluding carboxylic acids is 1. The summed E-state index contributed by atoms with van der Waals surface area (Å²) in [6.07, 6.45) is 0.745. The Balaban J connectivity index is 2.34. The summed E-state index contributed by atoms with van der Waals surface area (Å²) in [5, 5.41) is 0. The second kappa shape index (κ2) is 7.84. The molecule has 2 N–H and O–H groups in total. The van der Waals surface area contributed by atoms with Crippen molar-refractivity contribution >= 4 is 5.91 Å². The number of rotatable bonds is 7. The molecule has 0 saturated heterocycles. The predicted octanol–water partition coefficient (Wildman–Crippen LogP) is 1.57. The minimum Gasteiger partial charge on any atom is -0.364 e. The lowest BCUT2D eigenvalue weighted by molar-refractivity contribution is -0.136. The van der Waals surface area contributed by atoms with Crippen LogP contribution in [0.2, 0.25) is 0 Å². The maximum Gasteiger partial charge on any atom is 0.248 e. The number of hydrogen-bond acceptors (Lipinski definition) is 3. The van der Waals surface area contributed by atoms with Crippen LogP contribution in [0.3, 0.4) is 0 Å². The van der Waals surface area contributed by atoms with Crippen LogP contribution in [-0.4, -0.2) is 37.6 Å². The van der Waals surface area contributed by atoms with E-state index in [0.29, 0.717) is 13.1 Å². The average molecular weight is 250 g/mol. The lowest BCUT2D eigenvalue weighted by Crippen LogP contribution is -2.32. The van der Waals surface area contributed by atoms with E-state index in [1.807, 2.05) is 37.3 Å². The van der Waals surface area contributed by atoms with Crippen LogP contribution in [-0.2, 0) is 9.53 Å². The van der Waals surface area contributed by atoms with Gasteiger partial charge in [-0.25, -0.2) is 0 Å². The van der Waals surface area contributed by atoms with Gasteiger partial charge >= 0.3 is 0 Å². The van der Waals surface area contributed by atoms with E-state index >= 15 is 0 Å². The molecule has 0 saturated carbocycles. The predicted molar refractivity (Wildman–Crippen MR) is 72.1 cm³/mol. The zero-order valence-corrected chi connectivity index (χ0v) is 11.1. The number of carbonyl (C=O) groups is 1. The molecule has 4 heteroatoms. The summed E-state index contributed by atoms with van der Waals surface area (Å²) < 4.78 is 5.57. The summed E-state index contributed by atoms with van der Waals surface area (Å²) in [7, 11) is 1.77. The van der Waals surface area contributed by atoms with E-state index in [2.05, 4.69) is 0 Å². The highest BCUT2D eigenvalue weighted by Crippen LogP contribution is 2.15. The number of nitrogens with zero attached hydrogens (tertiary/aromatic N) is 1. The van der Waals surface area contributed by atoms with E-state index in [4.69, 9.17) is 10.5 Å². The molecule has 0 radical (unpaired) electrons. The van der Waals surface area contributed by atoms with Gasteiger partial charge in [-0.2, -0.15) is 0 Å². The second-order valence-electron chi connectivity index (χ2n) is 4.32. The first kappa shape index (κ1) is 14.7. The highest BCUT2D eigenvalue weighted by atomic mass is 16.5. The number of likely N-dealkylation sites (N-methyl/N-ethyl adjacent to an activating group) is 1. The van der Waals surface area contributed by atoms with Crippen LogP contribution in [0.25, 0.3) is 0 Å². The quantitative estimate of drug-likeness (QED) is 0.799. The van der Waals surface area contributed by atoms with E-state index < -0.39 is 0 Å². The van der Waals surface area contributed by atoms with Crippen molar-refractivity contribution in [1.29, 1.82) is 0 Å². The number of benzene rings is 1. The van der Waals surface area contributed by atoms with Crippen LogP contribution in [0.4, 0.5) is 0 Å². The van der Waals surface area contributed by atoms with Crippen LogP contribution in [0.1, 0.15) is 25.0 Å². The molecule has 0 aromatic heterocycles. The largest absolute Gasteiger partial charge is 0.364 e. The molecule has 0 spiro atoms. The Hall–Kier alpha value is -1.39. The third-order valence-corrected chi connectivity index (χ3v) is 2.85. The van der Waals surface area contributed by atoms with Crippen molar-refractivity contribution in [3.05, 3.63) is 35.9 Å². The monoisotopic (exact) mass is 250 g/mol. The highest BCUT2D eigenvalue weighted by Gasteiger charge is 2.11. The summed E-state index contributed by atoms with van der Waals surface area (Å²) in [5.74, 6) is -0.00812. The molecule has 1 unspecified atom stereocenters. The Morgan fingerprint density at radius 3 is 2.67 bits per heavy atom. The van der Waals surface area contributed by atoms with Crippen LogP contribution < -0.4 is 5.73 Å². The smallest absolute Gasteiger partial charge is 0.248 e. The summed E-state index contributed by atoms with van der Waals surface area (Å²) in [6.45, 7) is 3.33. The van der Waals surface area contributed by atoms with Gasteiger partial charge < -0.3 is 15.4 Å². The van der Waals surface area contributed by atoms with Gasteiger partial charge in [-0.05, 0) is 25.5 Å². The standard InChI is InChI=1S/C14H22N2O2/c1-12(13-7-4-3-5-8-13)18-11-14(17)16(2)10-6-9-15/h3-5,7-8,12H,6,9-11,15H2,1-2H3. The molecule has 0 aliphatic rings. The third-order valence-electron chi connectivity index (χ3n) is 2.85. The minimum absolute atomic E-state index is 0.00812. The molecule has 0 aliphatic carbocycles. The van der Waals surface area contributed by atoms with Crippen molar-refractivity contribution < 1.29 is 9.53 Å². The van der Waals surface area contributed by atoms with Gasteiger partial charge in [0.15, 0.2) is 0 Å². The molecule has 1 rings (SSSR count). The van der Waals surface area contributed by atoms with Crippen LogP contribution in [0.5, 0.6) is 0 Å². The van der Waals surface area contributed by atoms with Crippen LogP contribution >= 0.6 is 0 Å². The minimum atomic E-state index is -0.0712. The van der Waals surface area contributed by atoms with E-state index in [1.54, 1.807) is 11.9 Å². The highest BCUT2D eigenvalue weighted by molar-refractivity contribution is 5.77. The maximum atomic E-state index is 11.7. The fourth-order valence-corrected chi connectivity index (χ4v) is 1.58. The Morgan fingerprint density at radius 2 is 2.06 bits per heavy atom. The maximum absolute atomic E-state index is 11.7. The van der Waals surface area contributed by atoms with Crippen molar-refractivity contribution in [3.8, 4) is 0 Å². The number of amides is 1. The van der Waals surface area contributed by atoms with Gasteiger partial charge in [0.1, 0.15) is 6.61 Å². The van der Waals surface area contributed by atoms with Crippen molar-refractivity contribution in [3.63, 3.8) is 0 Å². The normalized spacial score (nSPS) is 12.2. The molecule has 18 heavy (non-hydrogen) atoms. The molecule has 0 fully saturated rings. The molecule has 4 nitrogen and oxygen atoms in total. The summed E-state index contributed by atoms with van der Waals surface area (Å²) in [5.41, 5.74) is 6.48. The lowest BCUT2D eigenvalue weighted by atomic mass is 10.1. The summed E-state index contributed by atoms with van der Waals surface area (Å²) in [6, 6.07) is 9.87. The Kier molecular flexibility index (Phi) is 6.39. The van der Waals surface area contributed by atoms with E-state index in [9.17, 15) is 4.79 Å². The Morgan fingerprint density at radius 1 is 1.39 bits per heavy atom. The van der Waals surface area contributed by atoms with E-state index in [-0.39, 0.29) is 18.6 Å². The molecule has 0 aliphatic heterocycles.